The molecule has 6 nitrogen and oxygen atoms in total. The highest BCUT2D eigenvalue weighted by molar-refractivity contribution is 5.84. The zero-order valence-electron chi connectivity index (χ0n) is 16.7. The second-order valence-electron chi connectivity index (χ2n) is 7.65. The van der Waals surface area contributed by atoms with E-state index in [1.54, 1.807) is 12.4 Å². The summed E-state index contributed by atoms with van der Waals surface area (Å²) in [5.41, 5.74) is 4.98. The van der Waals surface area contributed by atoms with Gasteiger partial charge in [0.05, 0.1) is 11.3 Å². The Labute approximate surface area is 174 Å². The fourth-order valence-corrected chi connectivity index (χ4v) is 4.24. The summed E-state index contributed by atoms with van der Waals surface area (Å²) in [5, 5.41) is 1.25. The summed E-state index contributed by atoms with van der Waals surface area (Å²) in [4.78, 5) is 26.9. The summed E-state index contributed by atoms with van der Waals surface area (Å²) in [6.45, 7) is 6.94. The molecule has 3 aromatic heterocycles. The minimum Gasteiger partial charge on any atom is -0.343 e. The van der Waals surface area contributed by atoms with Crippen molar-refractivity contribution < 1.29 is 0 Å². The van der Waals surface area contributed by atoms with Gasteiger partial charge >= 0.3 is 0 Å². The molecule has 4 aromatic rings. The second kappa shape index (κ2) is 7.72. The highest BCUT2D eigenvalue weighted by Gasteiger charge is 2.22. The van der Waals surface area contributed by atoms with Gasteiger partial charge < -0.3 is 9.55 Å². The van der Waals surface area contributed by atoms with Gasteiger partial charge in [0, 0.05) is 67.7 Å². The molecule has 0 saturated carbocycles. The van der Waals surface area contributed by atoms with Gasteiger partial charge in [0.25, 0.3) is 5.56 Å². The quantitative estimate of drug-likeness (QED) is 0.523. The van der Waals surface area contributed by atoms with E-state index < -0.39 is 0 Å². The molecule has 1 aliphatic heterocycles. The lowest BCUT2D eigenvalue weighted by Gasteiger charge is -2.27. The fraction of sp³-hybridized carbons (Fsp3) is 0.208. The molecule has 30 heavy (non-hydrogen) atoms. The van der Waals surface area contributed by atoms with Crippen molar-refractivity contribution in [3.8, 4) is 11.4 Å². The van der Waals surface area contributed by atoms with E-state index in [2.05, 4.69) is 56.5 Å². The van der Waals surface area contributed by atoms with Crippen molar-refractivity contribution in [2.45, 2.75) is 26.1 Å². The number of hydrogen-bond acceptors (Lipinski definition) is 4. The second-order valence-corrected chi connectivity index (χ2v) is 7.65. The molecule has 0 unspecified atom stereocenters. The molecule has 0 radical (unpaired) electrons. The Kier molecular flexibility index (Phi) is 4.77. The van der Waals surface area contributed by atoms with Gasteiger partial charge in [0.15, 0.2) is 0 Å². The van der Waals surface area contributed by atoms with Crippen LogP contribution in [-0.4, -0.2) is 31.0 Å². The van der Waals surface area contributed by atoms with Gasteiger partial charge in [-0.25, -0.2) is 4.98 Å². The highest BCUT2D eigenvalue weighted by Crippen LogP contribution is 2.25. The monoisotopic (exact) mass is 397 g/mol. The molecule has 0 atom stereocenters. The van der Waals surface area contributed by atoms with E-state index >= 15 is 0 Å². The van der Waals surface area contributed by atoms with Gasteiger partial charge in [-0.05, 0) is 23.8 Å². The topological polar surface area (TPSA) is 66.8 Å². The molecule has 6 heteroatoms. The lowest BCUT2D eigenvalue weighted by atomic mass is 10.1. The van der Waals surface area contributed by atoms with Crippen molar-refractivity contribution in [2.75, 3.05) is 6.54 Å². The number of nitrogens with one attached hydrogen (secondary N) is 1. The Hall–Kier alpha value is -3.51. The number of fused-ring (bicyclic) bond motifs is 2. The first-order valence-corrected chi connectivity index (χ1v) is 10.2. The standard InChI is InChI=1S/C24H23N5O/c1-2-12-29-15-18(19-5-3-4-6-22(19)29)14-28-13-9-21-20(16-28)24(30)27-23(26-21)17-7-10-25-11-8-17/h2-8,10-11,15H,1,9,12-14,16H2,(H,26,27,30). The Morgan fingerprint density at radius 1 is 1.17 bits per heavy atom. The van der Waals surface area contributed by atoms with Crippen LogP contribution in [0.2, 0.25) is 0 Å². The van der Waals surface area contributed by atoms with E-state index in [-0.39, 0.29) is 5.56 Å². The Morgan fingerprint density at radius 3 is 2.83 bits per heavy atom. The van der Waals surface area contributed by atoms with Gasteiger partial charge in [-0.2, -0.15) is 0 Å². The van der Waals surface area contributed by atoms with Crippen LogP contribution < -0.4 is 5.56 Å². The molecule has 150 valence electrons. The molecule has 0 amide bonds. The molecule has 0 bridgehead atoms. The Balaban J connectivity index is 1.42. The lowest BCUT2D eigenvalue weighted by molar-refractivity contribution is 0.242. The fourth-order valence-electron chi connectivity index (χ4n) is 4.24. The maximum atomic E-state index is 12.8. The largest absolute Gasteiger partial charge is 0.343 e. The van der Waals surface area contributed by atoms with Crippen LogP contribution in [0, 0.1) is 0 Å². The molecule has 0 aliphatic carbocycles. The molecular formula is C24H23N5O. The predicted molar refractivity (Wildman–Crippen MR) is 118 cm³/mol. The zero-order valence-corrected chi connectivity index (χ0v) is 16.7. The third-order valence-electron chi connectivity index (χ3n) is 5.69. The average Bonchev–Trinajstić information content (AvgIpc) is 3.12. The number of nitrogens with zero attached hydrogens (tertiary/aromatic N) is 4. The number of pyridine rings is 1. The molecule has 1 aromatic carbocycles. The van der Waals surface area contributed by atoms with Crippen molar-refractivity contribution in [1.29, 1.82) is 0 Å². The van der Waals surface area contributed by atoms with Gasteiger partial charge in [0.2, 0.25) is 0 Å². The Bertz CT molecular complexity index is 1270. The van der Waals surface area contributed by atoms with Crippen LogP contribution in [0.4, 0.5) is 0 Å². The first kappa shape index (κ1) is 18.5. The number of hydrogen-bond donors (Lipinski definition) is 1. The van der Waals surface area contributed by atoms with Gasteiger partial charge in [0.1, 0.15) is 5.82 Å². The molecular weight excluding hydrogens is 374 g/mol. The zero-order chi connectivity index (χ0) is 20.5. The maximum Gasteiger partial charge on any atom is 0.255 e. The van der Waals surface area contributed by atoms with Crippen LogP contribution in [0.3, 0.4) is 0 Å². The average molecular weight is 397 g/mol. The lowest BCUT2D eigenvalue weighted by Crippen LogP contribution is -2.35. The summed E-state index contributed by atoms with van der Waals surface area (Å²) in [7, 11) is 0. The van der Waals surface area contributed by atoms with Crippen molar-refractivity contribution in [2.24, 2.45) is 0 Å². The van der Waals surface area contributed by atoms with Crippen LogP contribution in [0.1, 0.15) is 16.8 Å². The third-order valence-corrected chi connectivity index (χ3v) is 5.69. The van der Waals surface area contributed by atoms with E-state index in [1.807, 2.05) is 18.2 Å². The number of aromatic nitrogens is 4. The first-order valence-electron chi connectivity index (χ1n) is 10.2. The smallest absolute Gasteiger partial charge is 0.255 e. The van der Waals surface area contributed by atoms with Crippen LogP contribution in [-0.2, 0) is 26.1 Å². The summed E-state index contributed by atoms with van der Waals surface area (Å²) in [6, 6.07) is 12.2. The van der Waals surface area contributed by atoms with Crippen LogP contribution in [0.25, 0.3) is 22.3 Å². The summed E-state index contributed by atoms with van der Waals surface area (Å²) < 4.78 is 2.23. The van der Waals surface area contributed by atoms with E-state index in [1.165, 1.54) is 16.5 Å². The number of benzene rings is 1. The van der Waals surface area contributed by atoms with Gasteiger partial charge in [-0.3, -0.25) is 14.7 Å². The Morgan fingerprint density at radius 2 is 2.00 bits per heavy atom. The number of aromatic amines is 1. The molecule has 0 spiro atoms. The van der Waals surface area contributed by atoms with Crippen molar-refractivity contribution in [1.82, 2.24) is 24.4 Å². The summed E-state index contributed by atoms with van der Waals surface area (Å²) >= 11 is 0. The third kappa shape index (κ3) is 3.35. The molecule has 5 rings (SSSR count). The van der Waals surface area contributed by atoms with Gasteiger partial charge in [-0.15, -0.1) is 6.58 Å². The summed E-state index contributed by atoms with van der Waals surface area (Å²) in [6.07, 6.45) is 8.30. The highest BCUT2D eigenvalue weighted by atomic mass is 16.1. The van der Waals surface area contributed by atoms with Gasteiger partial charge in [-0.1, -0.05) is 24.3 Å². The number of allylic oxidation sites excluding steroid dienone is 1. The number of H-pyrrole nitrogens is 1. The van der Waals surface area contributed by atoms with Crippen LogP contribution in [0.15, 0.2) is 72.4 Å². The number of para-hydroxylation sites is 1. The molecule has 4 heterocycles. The first-order chi connectivity index (χ1) is 14.7. The van der Waals surface area contributed by atoms with Crippen LogP contribution in [0.5, 0.6) is 0 Å². The van der Waals surface area contributed by atoms with Crippen molar-refractivity contribution in [3.05, 3.63) is 94.8 Å². The predicted octanol–water partition coefficient (Wildman–Crippen LogP) is 3.53. The molecule has 0 saturated heterocycles. The normalized spacial score (nSPS) is 14.0. The van der Waals surface area contributed by atoms with Crippen molar-refractivity contribution in [3.63, 3.8) is 0 Å². The molecule has 1 N–H and O–H groups in total. The minimum atomic E-state index is -0.0504. The van der Waals surface area contributed by atoms with Crippen molar-refractivity contribution >= 4 is 10.9 Å². The minimum absolute atomic E-state index is 0.0504. The maximum absolute atomic E-state index is 12.8. The van der Waals surface area contributed by atoms with E-state index in [0.29, 0.717) is 12.4 Å². The molecule has 0 fully saturated rings. The van der Waals surface area contributed by atoms with E-state index in [0.717, 1.165) is 42.9 Å². The SMILES string of the molecule is C=CCn1cc(CN2CCc3nc(-c4ccncc4)[nH]c(=O)c3C2)c2ccccc21. The van der Waals surface area contributed by atoms with Crippen LogP contribution >= 0.6 is 0 Å². The van der Waals surface area contributed by atoms with E-state index in [9.17, 15) is 4.79 Å². The summed E-state index contributed by atoms with van der Waals surface area (Å²) in [5.74, 6) is 0.613. The van der Waals surface area contributed by atoms with E-state index in [4.69, 9.17) is 4.98 Å². The number of rotatable bonds is 5. The molecule has 1 aliphatic rings.